The summed E-state index contributed by atoms with van der Waals surface area (Å²) in [6.45, 7) is 15.9. The molecule has 5 aliphatic heterocycles. The first-order valence-corrected chi connectivity index (χ1v) is 25.2. The van der Waals surface area contributed by atoms with Gasteiger partial charge >= 0.3 is 5.97 Å². The summed E-state index contributed by atoms with van der Waals surface area (Å²) < 4.78 is 14.9. The van der Waals surface area contributed by atoms with E-state index in [1.165, 1.54) is 29.3 Å². The van der Waals surface area contributed by atoms with Crippen LogP contribution in [-0.2, 0) is 30.3 Å². The van der Waals surface area contributed by atoms with Crippen LogP contribution in [0.1, 0.15) is 108 Å². The van der Waals surface area contributed by atoms with Crippen molar-refractivity contribution in [2.24, 2.45) is 23.2 Å². The topological polar surface area (TPSA) is 125 Å². The third-order valence-corrected chi connectivity index (χ3v) is 17.2. The minimum absolute atomic E-state index is 0.0460. The summed E-state index contributed by atoms with van der Waals surface area (Å²) in [5, 5.41) is 6.15. The summed E-state index contributed by atoms with van der Waals surface area (Å²) in [4.78, 5) is 56.3. The van der Waals surface area contributed by atoms with Crippen LogP contribution in [0, 0.1) is 23.2 Å². The molecule has 6 fully saturated rings. The molecule has 2 aromatic carbocycles. The molecule has 2 aromatic heterocycles. The number of likely N-dealkylation sites (N-methyl/N-ethyl adjacent to an activating group) is 1. The van der Waals surface area contributed by atoms with Gasteiger partial charge in [-0.1, -0.05) is 52.0 Å². The van der Waals surface area contributed by atoms with Crippen LogP contribution in [0.15, 0.2) is 60.8 Å². The third kappa shape index (κ3) is 8.00. The highest BCUT2D eigenvalue weighted by Gasteiger charge is 2.55. The second-order valence-electron chi connectivity index (χ2n) is 22.3. The Morgan fingerprint density at radius 1 is 0.940 bits per heavy atom. The summed E-state index contributed by atoms with van der Waals surface area (Å²) >= 11 is 0. The lowest BCUT2D eigenvalue weighted by Crippen LogP contribution is -2.70. The van der Waals surface area contributed by atoms with Gasteiger partial charge in [0.05, 0.1) is 36.2 Å². The molecule has 1 unspecified atom stereocenters. The second-order valence-corrected chi connectivity index (χ2v) is 22.3. The maximum Gasteiger partial charge on any atom is 0.324 e. The zero-order valence-electron chi connectivity index (χ0n) is 40.6. The normalized spacial score (nSPS) is 29.6. The molecular formula is C54H70N8O5. The quantitative estimate of drug-likeness (QED) is 0.180. The Morgan fingerprint density at radius 3 is 2.43 bits per heavy atom. The predicted molar refractivity (Wildman–Crippen MR) is 259 cm³/mol. The van der Waals surface area contributed by atoms with E-state index in [-0.39, 0.29) is 59.8 Å². The van der Waals surface area contributed by atoms with Crippen LogP contribution in [0.25, 0.3) is 33.3 Å². The number of rotatable bonds is 8. The molecule has 7 aliphatic rings. The Bertz CT molecular complexity index is 2570. The van der Waals surface area contributed by atoms with Gasteiger partial charge in [-0.05, 0) is 130 Å². The number of hydrogen-bond acceptors (Lipinski definition) is 10. The van der Waals surface area contributed by atoms with E-state index in [2.05, 4.69) is 120 Å². The summed E-state index contributed by atoms with van der Waals surface area (Å²) in [6.07, 6.45) is 8.26. The molecule has 13 heteroatoms. The number of methoxy groups -OCH3 is 1. The van der Waals surface area contributed by atoms with Crippen molar-refractivity contribution >= 4 is 28.7 Å². The second kappa shape index (κ2) is 17.1. The van der Waals surface area contributed by atoms with Crippen molar-refractivity contribution in [1.29, 1.82) is 0 Å². The van der Waals surface area contributed by atoms with E-state index in [9.17, 15) is 9.59 Å². The van der Waals surface area contributed by atoms with Crippen molar-refractivity contribution < 1.29 is 23.9 Å². The molecule has 356 valence electrons. The Labute approximate surface area is 395 Å². The van der Waals surface area contributed by atoms with E-state index in [1.54, 1.807) is 12.1 Å². The molecule has 2 saturated carbocycles. The number of cyclic esters (lactones) is 1. The Morgan fingerprint density at radius 2 is 1.72 bits per heavy atom. The first-order chi connectivity index (χ1) is 32.2. The van der Waals surface area contributed by atoms with Gasteiger partial charge in [-0.25, -0.2) is 5.43 Å². The molecule has 67 heavy (non-hydrogen) atoms. The fourth-order valence-corrected chi connectivity index (χ4v) is 12.6. The van der Waals surface area contributed by atoms with Gasteiger partial charge in [-0.2, -0.15) is 0 Å². The Balaban J connectivity index is 1.09. The molecule has 4 aromatic rings. The summed E-state index contributed by atoms with van der Waals surface area (Å²) in [7, 11) is 3.96. The monoisotopic (exact) mass is 911 g/mol. The van der Waals surface area contributed by atoms with Crippen LogP contribution >= 0.6 is 0 Å². The van der Waals surface area contributed by atoms with E-state index in [4.69, 9.17) is 14.5 Å². The number of carbonyl (C=O) groups is 3. The number of ether oxygens (including phenoxy) is 2. The molecular weight excluding hydrogens is 841 g/mol. The Hall–Kier alpha value is -4.66. The predicted octanol–water partition coefficient (Wildman–Crippen LogP) is 6.93. The van der Waals surface area contributed by atoms with Gasteiger partial charge in [-0.3, -0.25) is 39.1 Å². The number of hydrogen-bond donors (Lipinski definition) is 2. The van der Waals surface area contributed by atoms with Gasteiger partial charge in [0.25, 0.3) is 5.91 Å². The molecule has 4 saturated heterocycles. The van der Waals surface area contributed by atoms with Crippen LogP contribution in [0.3, 0.4) is 0 Å². The first kappa shape index (κ1) is 44.8. The van der Waals surface area contributed by atoms with E-state index in [1.807, 2.05) is 12.3 Å². The third-order valence-electron chi connectivity index (χ3n) is 17.2. The largest absolute Gasteiger partial charge is 0.464 e. The molecule has 7 heterocycles. The van der Waals surface area contributed by atoms with E-state index in [0.717, 1.165) is 79.2 Å². The molecule has 6 bridgehead atoms. The average Bonchev–Trinajstić information content (AvgIpc) is 4.18. The number of nitrogens with one attached hydrogen (secondary N) is 2. The molecule has 11 rings (SSSR count). The fraction of sp³-hybridized carbons (Fsp3) is 0.593. The highest BCUT2D eigenvalue weighted by molar-refractivity contribution is 5.96. The highest BCUT2D eigenvalue weighted by Crippen LogP contribution is 2.49. The van der Waals surface area contributed by atoms with Gasteiger partial charge in [0.1, 0.15) is 12.1 Å². The maximum atomic E-state index is 15.3. The summed E-state index contributed by atoms with van der Waals surface area (Å²) in [5.41, 5.74) is 11.6. The number of likely N-dealkylation sites (tertiary alicyclic amines) is 3. The number of hydrazine groups is 1. The van der Waals surface area contributed by atoms with E-state index < -0.39 is 23.5 Å². The molecule has 2 aliphatic carbocycles. The fourth-order valence-electron chi connectivity index (χ4n) is 12.6. The lowest BCUT2D eigenvalue weighted by Gasteiger charge is -2.56. The van der Waals surface area contributed by atoms with Crippen molar-refractivity contribution in [3.05, 3.63) is 77.6 Å². The minimum atomic E-state index is -0.890. The number of benzene rings is 2. The van der Waals surface area contributed by atoms with Gasteiger partial charge in [-0.15, -0.1) is 0 Å². The van der Waals surface area contributed by atoms with Crippen LogP contribution in [0.2, 0.25) is 0 Å². The van der Waals surface area contributed by atoms with Crippen molar-refractivity contribution in [3.63, 3.8) is 0 Å². The number of aromatic nitrogens is 2. The summed E-state index contributed by atoms with van der Waals surface area (Å²) in [6, 6.07) is 18.8. The number of carbonyl (C=O) groups excluding carboxylic acids is 3. The van der Waals surface area contributed by atoms with Gasteiger partial charge in [0.15, 0.2) is 0 Å². The average molecular weight is 911 g/mol. The number of amides is 2. The van der Waals surface area contributed by atoms with Crippen molar-refractivity contribution in [2.75, 3.05) is 60.0 Å². The lowest BCUT2D eigenvalue weighted by molar-refractivity contribution is -0.156. The molecule has 2 amide bonds. The van der Waals surface area contributed by atoms with Crippen LogP contribution < -0.4 is 10.7 Å². The first-order valence-electron chi connectivity index (χ1n) is 25.2. The zero-order valence-corrected chi connectivity index (χ0v) is 40.6. The summed E-state index contributed by atoms with van der Waals surface area (Å²) in [5.74, 6) is -0.320. The molecule has 13 nitrogen and oxygen atoms in total. The van der Waals surface area contributed by atoms with E-state index in [0.29, 0.717) is 31.8 Å². The van der Waals surface area contributed by atoms with Gasteiger partial charge in [0.2, 0.25) is 5.91 Å². The maximum absolute atomic E-state index is 15.3. The molecule has 1 spiro atoms. The molecule has 2 N–H and O–H groups in total. The SMILES string of the molecule is CO[C@@H](C)c1ncccc1-c1c2c3cc(ccc3n1C1CN(C3CC3)C1)-c1cccc(c1)[C@@H](N1CC3(CCCN3C)C1)[C@H](NC(=O)C1[C@@H](C)[C@H]1C)C(=O)N1CCC[C@H](N1)C(=O)OCC(C)(C)C2. The Kier molecular flexibility index (Phi) is 11.4. The minimum Gasteiger partial charge on any atom is -0.464 e. The van der Waals surface area contributed by atoms with Crippen LogP contribution in [0.5, 0.6) is 0 Å². The van der Waals surface area contributed by atoms with E-state index >= 15 is 4.79 Å². The highest BCUT2D eigenvalue weighted by atomic mass is 16.5. The number of pyridine rings is 1. The lowest BCUT2D eigenvalue weighted by atomic mass is 9.82. The smallest absolute Gasteiger partial charge is 0.324 e. The van der Waals surface area contributed by atoms with Crippen LogP contribution in [-0.4, -0.2) is 131 Å². The molecule has 0 radical (unpaired) electrons. The molecule has 7 atom stereocenters. The van der Waals surface area contributed by atoms with Crippen molar-refractivity contribution in [2.45, 2.75) is 121 Å². The van der Waals surface area contributed by atoms with Gasteiger partial charge < -0.3 is 19.4 Å². The number of fused-ring (bicyclic) bond motifs is 6. The van der Waals surface area contributed by atoms with Crippen molar-refractivity contribution in [1.82, 2.24) is 40.0 Å². The standard InChI is InChI=1S/C54H70N8O5/c1-32-33(2)45(32)50(63)56-47-48(60-29-54(30-60)20-11-22-58(54)6)37-13-8-12-35(24-37)36-16-19-44-41(25-36)42(26-53(4,5)31-67-52(65)43-15-10-23-61(57-43)51(47)64)49(40-14-9-21-55-46(40)34(3)66-7)62(44)39-27-59(28-39)38-17-18-38/h8-9,12-14,16,19,21,24-25,32-34,38-39,43,45,47-48,57H,10-11,15,17-18,20,22-23,26-31H2,1-7H3,(H,56,63)/t32-,33+,34-,43-,45?,47-,48+/m0/s1. The van der Waals surface area contributed by atoms with Crippen molar-refractivity contribution in [3.8, 4) is 22.4 Å². The number of esters is 1. The number of nitrogens with zero attached hydrogens (tertiary/aromatic N) is 6. The van der Waals surface area contributed by atoms with Gasteiger partial charge in [0, 0.05) is 85.4 Å². The van der Waals surface area contributed by atoms with Crippen LogP contribution in [0.4, 0.5) is 0 Å². The zero-order chi connectivity index (χ0) is 46.5.